The van der Waals surface area contributed by atoms with Gasteiger partial charge in [0.15, 0.2) is 0 Å². The molecule has 3 heterocycles. The number of carboxylic acid groups (broad SMARTS) is 1. The molecule has 166 valence electrons. The van der Waals surface area contributed by atoms with Crippen LogP contribution in [0.4, 0.5) is 0 Å². The maximum Gasteiger partial charge on any atom is 0.352 e. The SMILES string of the molecule is CC(C)(C)OC1COCN2C(C(=O)O)=C(COc3ccc4ccc(=O)oc4c3)CSC12. The largest absolute Gasteiger partial charge is 0.489 e. The predicted molar refractivity (Wildman–Crippen MR) is 116 cm³/mol. The van der Waals surface area contributed by atoms with Gasteiger partial charge in [0.05, 0.1) is 12.2 Å². The second-order valence-electron chi connectivity index (χ2n) is 8.44. The van der Waals surface area contributed by atoms with Crippen molar-refractivity contribution in [1.82, 2.24) is 4.90 Å². The van der Waals surface area contributed by atoms with E-state index in [9.17, 15) is 14.7 Å². The number of hydrogen-bond donors (Lipinski definition) is 1. The van der Waals surface area contributed by atoms with Crippen molar-refractivity contribution in [1.29, 1.82) is 0 Å². The number of nitrogens with zero attached hydrogens (tertiary/aromatic N) is 1. The van der Waals surface area contributed by atoms with Crippen LogP contribution in [-0.4, -0.2) is 58.8 Å². The van der Waals surface area contributed by atoms with Crippen LogP contribution < -0.4 is 10.4 Å². The van der Waals surface area contributed by atoms with Crippen LogP contribution in [0.1, 0.15) is 20.8 Å². The summed E-state index contributed by atoms with van der Waals surface area (Å²) >= 11 is 1.62. The summed E-state index contributed by atoms with van der Waals surface area (Å²) in [5.74, 6) is -0.0152. The zero-order valence-electron chi connectivity index (χ0n) is 17.6. The number of fused-ring (bicyclic) bond motifs is 2. The van der Waals surface area contributed by atoms with E-state index in [2.05, 4.69) is 0 Å². The van der Waals surface area contributed by atoms with E-state index < -0.39 is 11.6 Å². The van der Waals surface area contributed by atoms with E-state index in [4.69, 9.17) is 18.6 Å². The molecule has 31 heavy (non-hydrogen) atoms. The Hall–Kier alpha value is -2.49. The lowest BCUT2D eigenvalue weighted by Gasteiger charge is -2.46. The first-order valence-electron chi connectivity index (χ1n) is 9.97. The molecule has 2 unspecified atom stereocenters. The van der Waals surface area contributed by atoms with Gasteiger partial charge in [0.25, 0.3) is 0 Å². The quantitative estimate of drug-likeness (QED) is 0.693. The number of aliphatic carboxylic acids is 1. The zero-order valence-corrected chi connectivity index (χ0v) is 18.4. The Balaban J connectivity index is 1.55. The average molecular weight is 448 g/mol. The number of thioether (sulfide) groups is 1. The third kappa shape index (κ3) is 4.89. The fraction of sp³-hybridized carbons (Fsp3) is 0.455. The van der Waals surface area contributed by atoms with E-state index in [0.29, 0.717) is 29.3 Å². The first-order valence-corrected chi connectivity index (χ1v) is 11.0. The van der Waals surface area contributed by atoms with Crippen molar-refractivity contribution < 1.29 is 28.5 Å². The van der Waals surface area contributed by atoms with Crippen molar-refractivity contribution in [3.05, 3.63) is 52.0 Å². The van der Waals surface area contributed by atoms with Crippen molar-refractivity contribution in [3.8, 4) is 5.75 Å². The van der Waals surface area contributed by atoms with Crippen molar-refractivity contribution in [2.24, 2.45) is 0 Å². The van der Waals surface area contributed by atoms with Crippen LogP contribution in [0, 0.1) is 0 Å². The molecule has 1 saturated heterocycles. The van der Waals surface area contributed by atoms with Gasteiger partial charge in [-0.25, -0.2) is 9.59 Å². The predicted octanol–water partition coefficient (Wildman–Crippen LogP) is 3.06. The normalized spacial score (nSPS) is 21.8. The Morgan fingerprint density at radius 2 is 2.06 bits per heavy atom. The fourth-order valence-corrected chi connectivity index (χ4v) is 4.99. The molecule has 1 N–H and O–H groups in total. The van der Waals surface area contributed by atoms with Gasteiger partial charge in [-0.2, -0.15) is 0 Å². The van der Waals surface area contributed by atoms with Crippen LogP contribution in [-0.2, 0) is 14.3 Å². The number of carbonyl (C=O) groups is 1. The van der Waals surface area contributed by atoms with Crippen molar-refractivity contribution >= 4 is 28.7 Å². The summed E-state index contributed by atoms with van der Waals surface area (Å²) in [6, 6.07) is 8.23. The Bertz CT molecular complexity index is 1070. The lowest BCUT2D eigenvalue weighted by molar-refractivity contribution is -0.157. The van der Waals surface area contributed by atoms with Gasteiger partial charge in [0.2, 0.25) is 0 Å². The molecule has 2 aromatic rings. The minimum absolute atomic E-state index is 0.102. The maximum atomic E-state index is 12.1. The van der Waals surface area contributed by atoms with Gasteiger partial charge in [-0.3, -0.25) is 0 Å². The van der Waals surface area contributed by atoms with Gasteiger partial charge in [-0.15, -0.1) is 11.8 Å². The monoisotopic (exact) mass is 447 g/mol. The first-order chi connectivity index (χ1) is 14.7. The number of hydrogen-bond acceptors (Lipinski definition) is 8. The highest BCUT2D eigenvalue weighted by molar-refractivity contribution is 8.00. The lowest BCUT2D eigenvalue weighted by atomic mass is 10.1. The second kappa shape index (κ2) is 8.57. The van der Waals surface area contributed by atoms with Gasteiger partial charge < -0.3 is 28.6 Å². The molecule has 0 radical (unpaired) electrons. The molecule has 1 aromatic heterocycles. The molecule has 0 aliphatic carbocycles. The van der Waals surface area contributed by atoms with Gasteiger partial charge in [-0.1, -0.05) is 0 Å². The molecule has 4 rings (SSSR count). The molecule has 2 aliphatic heterocycles. The summed E-state index contributed by atoms with van der Waals surface area (Å²) in [5, 5.41) is 10.6. The number of rotatable bonds is 5. The second-order valence-corrected chi connectivity index (χ2v) is 9.54. The molecule has 0 amide bonds. The summed E-state index contributed by atoms with van der Waals surface area (Å²) in [7, 11) is 0. The highest BCUT2D eigenvalue weighted by Crippen LogP contribution is 2.37. The molecule has 2 atom stereocenters. The minimum Gasteiger partial charge on any atom is -0.489 e. The Labute approximate surface area is 183 Å². The van der Waals surface area contributed by atoms with Crippen LogP contribution in [0.2, 0.25) is 0 Å². The third-order valence-corrected chi connectivity index (χ3v) is 6.32. The highest BCUT2D eigenvalue weighted by Gasteiger charge is 2.42. The summed E-state index contributed by atoms with van der Waals surface area (Å²) in [5.41, 5.74) is 0.468. The fourth-order valence-electron chi connectivity index (χ4n) is 3.70. The van der Waals surface area contributed by atoms with Gasteiger partial charge in [0.1, 0.15) is 41.8 Å². The van der Waals surface area contributed by atoms with Gasteiger partial charge in [-0.05, 0) is 39.0 Å². The molecule has 0 spiro atoms. The van der Waals surface area contributed by atoms with E-state index in [1.807, 2.05) is 20.8 Å². The van der Waals surface area contributed by atoms with Crippen molar-refractivity contribution in [2.45, 2.75) is 37.9 Å². The van der Waals surface area contributed by atoms with Crippen LogP contribution in [0.15, 0.2) is 50.8 Å². The molecule has 8 nitrogen and oxygen atoms in total. The standard InChI is InChI=1S/C22H25NO7S/c1-22(2,3)30-17-10-27-12-23-19(21(25)26)14(11-31-20(17)23)9-28-15-6-4-13-5-7-18(24)29-16(13)8-15/h4-8,17,20H,9-12H2,1-3H3,(H,25,26). The maximum absolute atomic E-state index is 12.1. The van der Waals surface area contributed by atoms with Crippen molar-refractivity contribution in [2.75, 3.05) is 25.7 Å². The molecule has 0 saturated carbocycles. The smallest absolute Gasteiger partial charge is 0.352 e. The minimum atomic E-state index is -1.02. The molecule has 2 aliphatic rings. The third-order valence-electron chi connectivity index (χ3n) is 4.90. The number of ether oxygens (including phenoxy) is 3. The van der Waals surface area contributed by atoms with E-state index in [1.54, 1.807) is 40.9 Å². The lowest BCUT2D eigenvalue weighted by Crippen LogP contribution is -2.55. The van der Waals surface area contributed by atoms with Crippen LogP contribution in [0.25, 0.3) is 11.0 Å². The summed E-state index contributed by atoms with van der Waals surface area (Å²) in [4.78, 5) is 25.3. The molecular formula is C22H25NO7S. The number of benzene rings is 1. The molecule has 1 fully saturated rings. The summed E-state index contributed by atoms with van der Waals surface area (Å²) < 4.78 is 22.8. The van der Waals surface area contributed by atoms with Crippen LogP contribution >= 0.6 is 11.8 Å². The topological polar surface area (TPSA) is 98.4 Å². The van der Waals surface area contributed by atoms with Gasteiger partial charge >= 0.3 is 11.6 Å². The molecular weight excluding hydrogens is 422 g/mol. The van der Waals surface area contributed by atoms with E-state index >= 15 is 0 Å². The Morgan fingerprint density at radius 1 is 1.29 bits per heavy atom. The Kier molecular flexibility index (Phi) is 6.00. The van der Waals surface area contributed by atoms with Crippen LogP contribution in [0.3, 0.4) is 0 Å². The van der Waals surface area contributed by atoms with E-state index in [1.165, 1.54) is 6.07 Å². The van der Waals surface area contributed by atoms with Gasteiger partial charge in [0, 0.05) is 28.8 Å². The zero-order chi connectivity index (χ0) is 22.2. The molecule has 0 bridgehead atoms. The van der Waals surface area contributed by atoms with Crippen LogP contribution in [0.5, 0.6) is 5.75 Å². The molecule has 1 aromatic carbocycles. The van der Waals surface area contributed by atoms with E-state index in [-0.39, 0.29) is 36.1 Å². The number of carboxylic acids is 1. The summed E-state index contributed by atoms with van der Waals surface area (Å²) in [6.45, 7) is 6.63. The average Bonchev–Trinajstić information content (AvgIpc) is 2.70. The highest BCUT2D eigenvalue weighted by atomic mass is 32.2. The summed E-state index contributed by atoms with van der Waals surface area (Å²) in [6.07, 6.45) is -0.237. The molecule has 9 heteroatoms. The van der Waals surface area contributed by atoms with Crippen molar-refractivity contribution in [3.63, 3.8) is 0 Å². The van der Waals surface area contributed by atoms with E-state index in [0.717, 1.165) is 5.39 Å². The Morgan fingerprint density at radius 3 is 2.81 bits per heavy atom. The first kappa shape index (κ1) is 21.7.